The van der Waals surface area contributed by atoms with E-state index < -0.39 is 0 Å². The number of hydrogen-bond donors (Lipinski definition) is 1. The van der Waals surface area contributed by atoms with E-state index in [1.54, 1.807) is 17.1 Å². The van der Waals surface area contributed by atoms with Crippen LogP contribution < -0.4 is 10.5 Å². The van der Waals surface area contributed by atoms with Crippen LogP contribution in [-0.4, -0.2) is 41.9 Å². The molecule has 0 bridgehead atoms. The van der Waals surface area contributed by atoms with Crippen LogP contribution in [0.25, 0.3) is 16.7 Å². The van der Waals surface area contributed by atoms with E-state index in [4.69, 9.17) is 4.98 Å². The lowest BCUT2D eigenvalue weighted by atomic mass is 10.2. The molecule has 3 aromatic heterocycles. The van der Waals surface area contributed by atoms with Gasteiger partial charge in [0.2, 0.25) is 5.95 Å². The molecular weight excluding hydrogens is 342 g/mol. The van der Waals surface area contributed by atoms with Crippen LogP contribution in [0.4, 0.5) is 5.95 Å². The number of benzene rings is 1. The summed E-state index contributed by atoms with van der Waals surface area (Å²) in [6.07, 6.45) is 9.26. The first-order valence-corrected chi connectivity index (χ1v) is 9.05. The topological polar surface area (TPSA) is 84.6 Å². The van der Waals surface area contributed by atoms with E-state index in [1.165, 1.54) is 0 Å². The van der Waals surface area contributed by atoms with Crippen molar-refractivity contribution in [3.05, 3.63) is 65.6 Å². The van der Waals surface area contributed by atoms with Crippen molar-refractivity contribution in [3.63, 3.8) is 0 Å². The third kappa shape index (κ3) is 2.79. The van der Waals surface area contributed by atoms with E-state index in [-0.39, 0.29) is 11.6 Å². The van der Waals surface area contributed by atoms with Crippen molar-refractivity contribution >= 4 is 17.0 Å². The van der Waals surface area contributed by atoms with Crippen molar-refractivity contribution in [2.45, 2.75) is 25.4 Å². The fourth-order valence-electron chi connectivity index (χ4n) is 3.74. The standard InChI is InChI=1S/C19H19N7O/c27-18-16-11-21-26(14-5-2-1-3-6-14)17(16)22-19(23-18)25-9-4-7-15(25)12-24-10-8-20-13-24/h1-3,5-6,8,10-11,13,15H,4,7,9,12H2,(H,22,23,27). The summed E-state index contributed by atoms with van der Waals surface area (Å²) in [6.45, 7) is 1.69. The zero-order valence-electron chi connectivity index (χ0n) is 14.7. The zero-order valence-corrected chi connectivity index (χ0v) is 14.7. The highest BCUT2D eigenvalue weighted by atomic mass is 16.1. The minimum absolute atomic E-state index is 0.162. The van der Waals surface area contributed by atoms with E-state index in [0.29, 0.717) is 17.0 Å². The summed E-state index contributed by atoms with van der Waals surface area (Å²) < 4.78 is 3.78. The Labute approximate surface area is 155 Å². The maximum atomic E-state index is 12.6. The third-order valence-corrected chi connectivity index (χ3v) is 5.06. The summed E-state index contributed by atoms with van der Waals surface area (Å²) in [5, 5.41) is 4.87. The molecule has 1 unspecified atom stereocenters. The van der Waals surface area contributed by atoms with Crippen LogP contribution in [0, 0.1) is 0 Å². The highest BCUT2D eigenvalue weighted by Gasteiger charge is 2.27. The average molecular weight is 361 g/mol. The highest BCUT2D eigenvalue weighted by molar-refractivity contribution is 5.76. The Hall–Kier alpha value is -3.42. The van der Waals surface area contributed by atoms with Crippen LogP contribution in [0.5, 0.6) is 0 Å². The zero-order chi connectivity index (χ0) is 18.2. The van der Waals surface area contributed by atoms with Gasteiger partial charge in [-0.3, -0.25) is 9.78 Å². The van der Waals surface area contributed by atoms with Gasteiger partial charge in [-0.15, -0.1) is 0 Å². The molecule has 1 aliphatic heterocycles. The lowest BCUT2D eigenvalue weighted by Gasteiger charge is -2.25. The second-order valence-corrected chi connectivity index (χ2v) is 6.77. The molecule has 0 saturated carbocycles. The van der Waals surface area contributed by atoms with E-state index in [1.807, 2.05) is 42.9 Å². The van der Waals surface area contributed by atoms with Gasteiger partial charge in [0.25, 0.3) is 5.56 Å². The molecule has 4 aromatic rings. The summed E-state index contributed by atoms with van der Waals surface area (Å²) in [5.74, 6) is 0.604. The van der Waals surface area contributed by atoms with Crippen LogP contribution in [0.3, 0.4) is 0 Å². The van der Waals surface area contributed by atoms with Gasteiger partial charge in [-0.2, -0.15) is 10.1 Å². The molecule has 4 heterocycles. The quantitative estimate of drug-likeness (QED) is 0.601. The minimum atomic E-state index is -0.162. The van der Waals surface area contributed by atoms with Gasteiger partial charge in [-0.05, 0) is 25.0 Å². The first kappa shape index (κ1) is 15.8. The van der Waals surface area contributed by atoms with Crippen LogP contribution in [0.2, 0.25) is 0 Å². The SMILES string of the molecule is O=c1[nH]c(N2CCCC2Cn2ccnc2)nc2c1cnn2-c1ccccc1. The Morgan fingerprint density at radius 3 is 2.93 bits per heavy atom. The van der Waals surface area contributed by atoms with E-state index in [2.05, 4.69) is 24.5 Å². The fourth-order valence-corrected chi connectivity index (χ4v) is 3.74. The smallest absolute Gasteiger partial charge is 0.263 e. The Morgan fingerprint density at radius 2 is 2.11 bits per heavy atom. The van der Waals surface area contributed by atoms with Gasteiger partial charge in [0.1, 0.15) is 5.39 Å². The summed E-state index contributed by atoms with van der Waals surface area (Å²) in [6, 6.07) is 10.0. The molecule has 0 radical (unpaired) electrons. The van der Waals surface area contributed by atoms with Crippen molar-refractivity contribution in [1.29, 1.82) is 0 Å². The molecule has 8 heteroatoms. The molecule has 1 saturated heterocycles. The lowest BCUT2D eigenvalue weighted by Crippen LogP contribution is -2.35. The molecule has 27 heavy (non-hydrogen) atoms. The molecular formula is C19H19N7O. The van der Waals surface area contributed by atoms with Gasteiger partial charge in [-0.1, -0.05) is 18.2 Å². The predicted molar refractivity (Wildman–Crippen MR) is 102 cm³/mol. The predicted octanol–water partition coefficient (Wildman–Crippen LogP) is 1.97. The second-order valence-electron chi connectivity index (χ2n) is 6.77. The Balaban J connectivity index is 1.56. The first-order valence-electron chi connectivity index (χ1n) is 9.05. The fraction of sp³-hybridized carbons (Fsp3) is 0.263. The van der Waals surface area contributed by atoms with Gasteiger partial charge in [0.05, 0.1) is 18.2 Å². The van der Waals surface area contributed by atoms with Crippen molar-refractivity contribution < 1.29 is 0 Å². The number of fused-ring (bicyclic) bond motifs is 1. The molecule has 0 aliphatic carbocycles. The number of anilines is 1. The highest BCUT2D eigenvalue weighted by Crippen LogP contribution is 2.24. The van der Waals surface area contributed by atoms with Gasteiger partial charge in [-0.25, -0.2) is 9.67 Å². The first-order chi connectivity index (χ1) is 13.3. The van der Waals surface area contributed by atoms with Crippen LogP contribution in [0.1, 0.15) is 12.8 Å². The third-order valence-electron chi connectivity index (χ3n) is 5.06. The number of aromatic amines is 1. The number of para-hydroxylation sites is 1. The van der Waals surface area contributed by atoms with Crippen LogP contribution in [-0.2, 0) is 6.54 Å². The second kappa shape index (κ2) is 6.39. The van der Waals surface area contributed by atoms with Crippen LogP contribution >= 0.6 is 0 Å². The molecule has 1 N–H and O–H groups in total. The Kier molecular flexibility index (Phi) is 3.74. The number of H-pyrrole nitrogens is 1. The van der Waals surface area contributed by atoms with E-state index >= 15 is 0 Å². The van der Waals surface area contributed by atoms with Crippen LogP contribution in [0.15, 0.2) is 60.0 Å². The van der Waals surface area contributed by atoms with Gasteiger partial charge >= 0.3 is 0 Å². The maximum absolute atomic E-state index is 12.6. The van der Waals surface area contributed by atoms with Gasteiger partial charge < -0.3 is 9.47 Å². The number of imidazole rings is 1. The number of nitrogens with one attached hydrogen (secondary N) is 1. The number of nitrogens with zero attached hydrogens (tertiary/aromatic N) is 6. The average Bonchev–Trinajstić information content (AvgIpc) is 3.43. The largest absolute Gasteiger partial charge is 0.338 e. The van der Waals surface area contributed by atoms with Gasteiger partial charge in [0.15, 0.2) is 5.65 Å². The molecule has 136 valence electrons. The molecule has 0 amide bonds. The Morgan fingerprint density at radius 1 is 1.22 bits per heavy atom. The van der Waals surface area contributed by atoms with Crippen molar-refractivity contribution in [1.82, 2.24) is 29.3 Å². The van der Waals surface area contributed by atoms with Crippen molar-refractivity contribution in [2.75, 3.05) is 11.4 Å². The molecule has 5 rings (SSSR count). The molecule has 1 aromatic carbocycles. The number of aromatic nitrogens is 6. The van der Waals surface area contributed by atoms with Crippen molar-refractivity contribution in [3.8, 4) is 5.69 Å². The molecule has 1 fully saturated rings. The van der Waals surface area contributed by atoms with Gasteiger partial charge in [0, 0.05) is 31.5 Å². The molecule has 1 atom stereocenters. The monoisotopic (exact) mass is 361 g/mol. The summed E-state index contributed by atoms with van der Waals surface area (Å²) in [5.41, 5.74) is 1.30. The normalized spacial score (nSPS) is 17.0. The minimum Gasteiger partial charge on any atom is -0.338 e. The number of hydrogen-bond acceptors (Lipinski definition) is 5. The number of rotatable bonds is 4. The maximum Gasteiger partial charge on any atom is 0.263 e. The summed E-state index contributed by atoms with van der Waals surface area (Å²) >= 11 is 0. The molecule has 1 aliphatic rings. The summed E-state index contributed by atoms with van der Waals surface area (Å²) in [4.78, 5) is 26.7. The lowest BCUT2D eigenvalue weighted by molar-refractivity contribution is 0.544. The van der Waals surface area contributed by atoms with E-state index in [0.717, 1.165) is 31.6 Å². The van der Waals surface area contributed by atoms with Crippen molar-refractivity contribution in [2.24, 2.45) is 0 Å². The van der Waals surface area contributed by atoms with E-state index in [9.17, 15) is 4.79 Å². The molecule has 0 spiro atoms. The molecule has 8 nitrogen and oxygen atoms in total. The Bertz CT molecular complexity index is 1110. The summed E-state index contributed by atoms with van der Waals surface area (Å²) in [7, 11) is 0.